The monoisotopic (exact) mass is 494 g/mol. The second-order valence-corrected chi connectivity index (χ2v) is 10.6. The maximum atomic E-state index is 13.3. The number of alkyl carbamates (subject to hydrolysis) is 1. The number of carbonyl (C=O) groups is 3. The fraction of sp³-hybridized carbons (Fsp3) is 0.444. The minimum Gasteiger partial charge on any atom is -0.480 e. The van der Waals surface area contributed by atoms with Gasteiger partial charge in [-0.3, -0.25) is 4.79 Å². The molecule has 2 aliphatic carbocycles. The summed E-state index contributed by atoms with van der Waals surface area (Å²) in [6.45, 7) is 2.21. The van der Waals surface area contributed by atoms with E-state index < -0.39 is 24.0 Å². The van der Waals surface area contributed by atoms with Gasteiger partial charge in [0, 0.05) is 18.2 Å². The van der Waals surface area contributed by atoms with Crippen LogP contribution in [0.25, 0.3) is 11.1 Å². The minimum absolute atomic E-state index is 0.0333. The van der Waals surface area contributed by atoms with Crippen LogP contribution in [-0.2, 0) is 14.3 Å². The molecule has 3 atom stereocenters. The highest BCUT2D eigenvalue weighted by atomic mass is 32.2. The molecule has 35 heavy (non-hydrogen) atoms. The van der Waals surface area contributed by atoms with Crippen LogP contribution < -0.4 is 5.32 Å². The number of nitrogens with one attached hydrogen (secondary N) is 1. The molecule has 2 fully saturated rings. The van der Waals surface area contributed by atoms with Crippen molar-refractivity contribution in [3.8, 4) is 11.1 Å². The summed E-state index contributed by atoms with van der Waals surface area (Å²) in [5.41, 5.74) is 4.60. The van der Waals surface area contributed by atoms with Gasteiger partial charge in [-0.05, 0) is 47.4 Å². The molecule has 2 N–H and O–H groups in total. The Hall–Kier alpha value is -3.00. The highest BCUT2D eigenvalue weighted by Gasteiger charge is 2.49. The average molecular weight is 495 g/mol. The largest absolute Gasteiger partial charge is 0.480 e. The van der Waals surface area contributed by atoms with Gasteiger partial charge in [0.1, 0.15) is 12.6 Å². The summed E-state index contributed by atoms with van der Waals surface area (Å²) < 4.78 is 5.60. The minimum atomic E-state index is -0.964. The van der Waals surface area contributed by atoms with E-state index in [1.165, 1.54) is 0 Å². The predicted molar refractivity (Wildman–Crippen MR) is 134 cm³/mol. The molecule has 1 aliphatic heterocycles. The van der Waals surface area contributed by atoms with Gasteiger partial charge in [0.15, 0.2) is 0 Å². The van der Waals surface area contributed by atoms with Crippen LogP contribution in [0.1, 0.15) is 43.2 Å². The molecule has 184 valence electrons. The predicted octanol–water partition coefficient (Wildman–Crippen LogP) is 4.32. The maximum Gasteiger partial charge on any atom is 0.407 e. The summed E-state index contributed by atoms with van der Waals surface area (Å²) in [5, 5.41) is 12.3. The lowest BCUT2D eigenvalue weighted by atomic mass is 9.98. The normalized spacial score (nSPS) is 21.8. The number of thioether (sulfide) groups is 1. The number of aliphatic carboxylic acids is 1. The Morgan fingerprint density at radius 3 is 2.29 bits per heavy atom. The summed E-state index contributed by atoms with van der Waals surface area (Å²) in [6, 6.07) is 15.5. The zero-order chi connectivity index (χ0) is 24.5. The van der Waals surface area contributed by atoms with Crippen LogP contribution in [0, 0.1) is 11.8 Å². The fourth-order valence-electron chi connectivity index (χ4n) is 5.21. The van der Waals surface area contributed by atoms with E-state index in [-0.39, 0.29) is 30.4 Å². The molecular weight excluding hydrogens is 464 g/mol. The van der Waals surface area contributed by atoms with E-state index in [2.05, 4.69) is 29.6 Å². The van der Waals surface area contributed by atoms with Gasteiger partial charge in [-0.2, -0.15) is 0 Å². The van der Waals surface area contributed by atoms with Gasteiger partial charge in [-0.25, -0.2) is 9.59 Å². The fourth-order valence-corrected chi connectivity index (χ4v) is 6.85. The number of ether oxygens (including phenoxy) is 1. The number of amides is 2. The quantitative estimate of drug-likeness (QED) is 0.568. The summed E-state index contributed by atoms with van der Waals surface area (Å²) in [6.07, 6.45) is 2.00. The molecule has 5 rings (SSSR count). The lowest BCUT2D eigenvalue weighted by Gasteiger charge is -2.31. The Morgan fingerprint density at radius 1 is 1.09 bits per heavy atom. The highest BCUT2D eigenvalue weighted by Crippen LogP contribution is 2.46. The van der Waals surface area contributed by atoms with Crippen LogP contribution in [0.3, 0.4) is 0 Å². The number of hydrogen-bond acceptors (Lipinski definition) is 5. The topological polar surface area (TPSA) is 95.9 Å². The zero-order valence-electron chi connectivity index (χ0n) is 19.7. The van der Waals surface area contributed by atoms with Crippen LogP contribution in [0.2, 0.25) is 0 Å². The standard InChI is InChI=1S/C27H30N2O5S/c1-2-16(24(30)29-23(26(31)32)15-35-25(29)17-11-12-17)13-28-27(33)34-14-22-20-9-5-3-7-18(20)19-8-4-6-10-21(19)22/h3-10,16-17,22-23,25H,2,11-15H2,1H3,(H,28,33)(H,31,32). The van der Waals surface area contributed by atoms with E-state index >= 15 is 0 Å². The second-order valence-electron chi connectivity index (χ2n) is 9.47. The molecule has 2 amide bonds. The van der Waals surface area contributed by atoms with E-state index in [1.54, 1.807) is 16.7 Å². The van der Waals surface area contributed by atoms with Crippen molar-refractivity contribution in [2.24, 2.45) is 11.8 Å². The maximum absolute atomic E-state index is 13.3. The molecule has 0 radical (unpaired) electrons. The first-order valence-corrected chi connectivity index (χ1v) is 13.3. The van der Waals surface area contributed by atoms with Crippen LogP contribution >= 0.6 is 11.8 Å². The number of carboxylic acid groups (broad SMARTS) is 1. The van der Waals surface area contributed by atoms with Gasteiger partial charge in [0.25, 0.3) is 0 Å². The first-order chi connectivity index (χ1) is 17.0. The zero-order valence-corrected chi connectivity index (χ0v) is 20.5. The Balaban J connectivity index is 1.20. The Labute approximate surface area is 209 Å². The molecule has 2 aromatic carbocycles. The molecule has 8 heteroatoms. The van der Waals surface area contributed by atoms with Crippen molar-refractivity contribution >= 4 is 29.7 Å². The molecule has 7 nitrogen and oxygen atoms in total. The van der Waals surface area contributed by atoms with Crippen LogP contribution in [-0.4, -0.2) is 58.3 Å². The van der Waals surface area contributed by atoms with Crippen LogP contribution in [0.5, 0.6) is 0 Å². The number of carboxylic acids is 1. The number of carbonyl (C=O) groups excluding carboxylic acids is 2. The molecule has 1 saturated carbocycles. The third-order valence-electron chi connectivity index (χ3n) is 7.28. The third kappa shape index (κ3) is 4.63. The Morgan fingerprint density at radius 2 is 1.71 bits per heavy atom. The van der Waals surface area contributed by atoms with E-state index in [1.807, 2.05) is 31.2 Å². The number of rotatable bonds is 8. The molecule has 0 aromatic heterocycles. The number of fused-ring (bicyclic) bond motifs is 3. The van der Waals surface area contributed by atoms with Crippen molar-refractivity contribution in [3.63, 3.8) is 0 Å². The van der Waals surface area contributed by atoms with Crippen molar-refractivity contribution in [1.29, 1.82) is 0 Å². The van der Waals surface area contributed by atoms with E-state index in [0.717, 1.165) is 35.1 Å². The Kier molecular flexibility index (Phi) is 6.73. The average Bonchev–Trinajstić information content (AvgIpc) is 3.53. The van der Waals surface area contributed by atoms with Gasteiger partial charge in [-0.15, -0.1) is 11.8 Å². The molecule has 1 heterocycles. The van der Waals surface area contributed by atoms with E-state index in [0.29, 0.717) is 18.1 Å². The van der Waals surface area contributed by atoms with E-state index in [9.17, 15) is 19.5 Å². The van der Waals surface area contributed by atoms with Crippen molar-refractivity contribution in [3.05, 3.63) is 59.7 Å². The van der Waals surface area contributed by atoms with Crippen molar-refractivity contribution < 1.29 is 24.2 Å². The van der Waals surface area contributed by atoms with Gasteiger partial charge >= 0.3 is 12.1 Å². The molecule has 0 bridgehead atoms. The molecule has 2 aromatic rings. The van der Waals surface area contributed by atoms with Crippen LogP contribution in [0.4, 0.5) is 4.79 Å². The summed E-state index contributed by atoms with van der Waals surface area (Å²) in [7, 11) is 0. The first kappa shape index (κ1) is 23.7. The highest BCUT2D eigenvalue weighted by molar-refractivity contribution is 8.00. The van der Waals surface area contributed by atoms with Gasteiger partial charge in [-0.1, -0.05) is 55.5 Å². The summed E-state index contributed by atoms with van der Waals surface area (Å²) in [4.78, 5) is 39.3. The summed E-state index contributed by atoms with van der Waals surface area (Å²) in [5.74, 6) is -0.889. The SMILES string of the molecule is CCC(CNC(=O)OCC1c2ccccc2-c2ccccc21)C(=O)N1C(C(=O)O)CSC1C1CC1. The lowest BCUT2D eigenvalue weighted by Crippen LogP contribution is -2.50. The van der Waals surface area contributed by atoms with E-state index in [4.69, 9.17) is 4.74 Å². The van der Waals surface area contributed by atoms with Gasteiger partial charge in [0.05, 0.1) is 11.3 Å². The van der Waals surface area contributed by atoms with Crippen molar-refractivity contribution in [2.45, 2.75) is 43.5 Å². The first-order valence-electron chi connectivity index (χ1n) is 12.2. The number of hydrogen-bond donors (Lipinski definition) is 2. The summed E-state index contributed by atoms with van der Waals surface area (Å²) >= 11 is 1.56. The molecule has 1 saturated heterocycles. The smallest absolute Gasteiger partial charge is 0.407 e. The second kappa shape index (κ2) is 9.93. The van der Waals surface area contributed by atoms with Crippen LogP contribution in [0.15, 0.2) is 48.5 Å². The number of benzene rings is 2. The molecule has 3 unspecified atom stereocenters. The molecule has 0 spiro atoms. The number of nitrogens with zero attached hydrogens (tertiary/aromatic N) is 1. The van der Waals surface area contributed by atoms with Crippen molar-refractivity contribution in [1.82, 2.24) is 10.2 Å². The van der Waals surface area contributed by atoms with Gasteiger partial charge in [0.2, 0.25) is 5.91 Å². The molecule has 3 aliphatic rings. The lowest BCUT2D eigenvalue weighted by molar-refractivity contribution is -0.151. The van der Waals surface area contributed by atoms with Crippen molar-refractivity contribution in [2.75, 3.05) is 18.9 Å². The van der Waals surface area contributed by atoms with Gasteiger partial charge < -0.3 is 20.1 Å². The Bertz CT molecular complexity index is 1090. The third-order valence-corrected chi connectivity index (χ3v) is 8.74. The molecular formula is C27H30N2O5S.